The van der Waals surface area contributed by atoms with E-state index < -0.39 is 0 Å². The molecule has 0 radical (unpaired) electrons. The molecule has 0 bridgehead atoms. The van der Waals surface area contributed by atoms with E-state index >= 15 is 0 Å². The van der Waals surface area contributed by atoms with Gasteiger partial charge in [-0.25, -0.2) is 0 Å². The standard InChI is InChI=1S/C11H25NO2/c1-3-5-6-7-8-13-10-11(9-12)14-4-2/h11H,3-10,12H2,1-2H3. The highest BCUT2D eigenvalue weighted by Gasteiger charge is 2.04. The first-order valence-electron chi connectivity index (χ1n) is 5.74. The highest BCUT2D eigenvalue weighted by atomic mass is 16.5. The lowest BCUT2D eigenvalue weighted by Crippen LogP contribution is -2.29. The lowest BCUT2D eigenvalue weighted by molar-refractivity contribution is -0.00730. The molecule has 0 aliphatic rings. The third-order valence-corrected chi connectivity index (χ3v) is 2.11. The summed E-state index contributed by atoms with van der Waals surface area (Å²) in [5, 5.41) is 0. The Bertz CT molecular complexity index is 109. The van der Waals surface area contributed by atoms with Crippen molar-refractivity contribution >= 4 is 0 Å². The van der Waals surface area contributed by atoms with Crippen LogP contribution in [0, 0.1) is 0 Å². The van der Waals surface area contributed by atoms with Crippen molar-refractivity contribution in [2.75, 3.05) is 26.4 Å². The topological polar surface area (TPSA) is 44.5 Å². The molecular weight excluding hydrogens is 178 g/mol. The van der Waals surface area contributed by atoms with Gasteiger partial charge in [-0.2, -0.15) is 0 Å². The van der Waals surface area contributed by atoms with Gasteiger partial charge in [0.2, 0.25) is 0 Å². The van der Waals surface area contributed by atoms with Gasteiger partial charge in [0.15, 0.2) is 0 Å². The predicted molar refractivity (Wildman–Crippen MR) is 59.4 cm³/mol. The molecule has 0 aromatic rings. The first kappa shape index (κ1) is 13.9. The van der Waals surface area contributed by atoms with Gasteiger partial charge in [0.25, 0.3) is 0 Å². The summed E-state index contributed by atoms with van der Waals surface area (Å²) >= 11 is 0. The third kappa shape index (κ3) is 8.48. The second-order valence-corrected chi connectivity index (χ2v) is 3.45. The summed E-state index contributed by atoms with van der Waals surface area (Å²) in [6, 6.07) is 0. The summed E-state index contributed by atoms with van der Waals surface area (Å²) in [6.45, 7) is 6.91. The zero-order valence-corrected chi connectivity index (χ0v) is 9.63. The minimum atomic E-state index is 0.0752. The molecule has 0 saturated heterocycles. The van der Waals surface area contributed by atoms with E-state index in [4.69, 9.17) is 15.2 Å². The van der Waals surface area contributed by atoms with E-state index in [1.54, 1.807) is 0 Å². The van der Waals surface area contributed by atoms with E-state index in [0.29, 0.717) is 19.8 Å². The number of nitrogens with two attached hydrogens (primary N) is 1. The Labute approximate surface area is 88.0 Å². The van der Waals surface area contributed by atoms with Gasteiger partial charge in [0, 0.05) is 19.8 Å². The van der Waals surface area contributed by atoms with Gasteiger partial charge in [-0.1, -0.05) is 26.2 Å². The average molecular weight is 203 g/mol. The van der Waals surface area contributed by atoms with Crippen LogP contribution in [-0.2, 0) is 9.47 Å². The Hall–Kier alpha value is -0.120. The lowest BCUT2D eigenvalue weighted by Gasteiger charge is -2.14. The van der Waals surface area contributed by atoms with Gasteiger partial charge in [-0.15, -0.1) is 0 Å². The van der Waals surface area contributed by atoms with Crippen LogP contribution in [0.5, 0.6) is 0 Å². The molecule has 0 fully saturated rings. The molecular formula is C11H25NO2. The molecule has 1 unspecified atom stereocenters. The largest absolute Gasteiger partial charge is 0.379 e. The zero-order valence-electron chi connectivity index (χ0n) is 9.63. The monoisotopic (exact) mass is 203 g/mol. The molecule has 0 aromatic heterocycles. The Morgan fingerprint density at radius 1 is 1.14 bits per heavy atom. The molecule has 0 aliphatic heterocycles. The molecule has 1 atom stereocenters. The summed E-state index contributed by atoms with van der Waals surface area (Å²) in [4.78, 5) is 0. The summed E-state index contributed by atoms with van der Waals surface area (Å²) in [6.07, 6.45) is 5.06. The molecule has 0 aromatic carbocycles. The molecule has 3 nitrogen and oxygen atoms in total. The Balaban J connectivity index is 3.15. The van der Waals surface area contributed by atoms with Gasteiger partial charge in [-0.05, 0) is 13.3 Å². The van der Waals surface area contributed by atoms with E-state index in [-0.39, 0.29) is 6.10 Å². The highest BCUT2D eigenvalue weighted by Crippen LogP contribution is 1.99. The molecule has 0 aliphatic carbocycles. The minimum absolute atomic E-state index is 0.0752. The SMILES string of the molecule is CCCCCCOCC(CN)OCC. The first-order chi connectivity index (χ1) is 6.85. The molecule has 0 heterocycles. The second-order valence-electron chi connectivity index (χ2n) is 3.45. The Kier molecular flexibility index (Phi) is 10.9. The van der Waals surface area contributed by atoms with Crippen molar-refractivity contribution in [3.8, 4) is 0 Å². The fourth-order valence-corrected chi connectivity index (χ4v) is 1.27. The first-order valence-corrected chi connectivity index (χ1v) is 5.74. The highest BCUT2D eigenvalue weighted by molar-refractivity contribution is 4.56. The van der Waals surface area contributed by atoms with Crippen LogP contribution in [0.25, 0.3) is 0 Å². The molecule has 0 amide bonds. The van der Waals surface area contributed by atoms with Crippen LogP contribution in [0.15, 0.2) is 0 Å². The van der Waals surface area contributed by atoms with Crippen molar-refractivity contribution < 1.29 is 9.47 Å². The molecule has 2 N–H and O–H groups in total. The molecule has 86 valence electrons. The van der Waals surface area contributed by atoms with Crippen molar-refractivity contribution in [1.29, 1.82) is 0 Å². The molecule has 14 heavy (non-hydrogen) atoms. The third-order valence-electron chi connectivity index (χ3n) is 2.11. The number of hydrogen-bond acceptors (Lipinski definition) is 3. The Morgan fingerprint density at radius 2 is 1.93 bits per heavy atom. The normalized spacial score (nSPS) is 13.1. The fraction of sp³-hybridized carbons (Fsp3) is 1.00. The molecule has 0 saturated carbocycles. The summed E-state index contributed by atoms with van der Waals surface area (Å²) in [5.41, 5.74) is 5.52. The summed E-state index contributed by atoms with van der Waals surface area (Å²) < 4.78 is 10.8. The van der Waals surface area contributed by atoms with Crippen molar-refractivity contribution in [3.05, 3.63) is 0 Å². The summed E-state index contributed by atoms with van der Waals surface area (Å²) in [7, 11) is 0. The summed E-state index contributed by atoms with van der Waals surface area (Å²) in [5.74, 6) is 0. The van der Waals surface area contributed by atoms with Crippen LogP contribution in [0.2, 0.25) is 0 Å². The van der Waals surface area contributed by atoms with Gasteiger partial charge >= 0.3 is 0 Å². The van der Waals surface area contributed by atoms with Crippen LogP contribution in [0.4, 0.5) is 0 Å². The van der Waals surface area contributed by atoms with Crippen LogP contribution >= 0.6 is 0 Å². The lowest BCUT2D eigenvalue weighted by atomic mass is 10.2. The molecule has 0 spiro atoms. The molecule has 3 heteroatoms. The maximum Gasteiger partial charge on any atom is 0.0930 e. The molecule has 0 rings (SSSR count). The van der Waals surface area contributed by atoms with E-state index in [0.717, 1.165) is 13.0 Å². The quantitative estimate of drug-likeness (QED) is 0.552. The van der Waals surface area contributed by atoms with E-state index in [1.165, 1.54) is 19.3 Å². The van der Waals surface area contributed by atoms with Crippen LogP contribution in [-0.4, -0.2) is 32.5 Å². The van der Waals surface area contributed by atoms with Crippen molar-refractivity contribution in [1.82, 2.24) is 0 Å². The maximum atomic E-state index is 5.52. The Morgan fingerprint density at radius 3 is 2.50 bits per heavy atom. The second kappa shape index (κ2) is 11.0. The number of hydrogen-bond donors (Lipinski definition) is 1. The zero-order chi connectivity index (χ0) is 10.6. The van der Waals surface area contributed by atoms with Gasteiger partial charge in [-0.3, -0.25) is 0 Å². The van der Waals surface area contributed by atoms with Gasteiger partial charge in [0.1, 0.15) is 0 Å². The smallest absolute Gasteiger partial charge is 0.0930 e. The van der Waals surface area contributed by atoms with E-state index in [9.17, 15) is 0 Å². The van der Waals surface area contributed by atoms with Crippen molar-refractivity contribution in [3.63, 3.8) is 0 Å². The number of ether oxygens (including phenoxy) is 2. The van der Waals surface area contributed by atoms with Gasteiger partial charge in [0.05, 0.1) is 12.7 Å². The van der Waals surface area contributed by atoms with Crippen molar-refractivity contribution in [2.45, 2.75) is 45.6 Å². The van der Waals surface area contributed by atoms with Crippen LogP contribution in [0.1, 0.15) is 39.5 Å². The predicted octanol–water partition coefficient (Wildman–Crippen LogP) is 1.95. The fourth-order valence-electron chi connectivity index (χ4n) is 1.27. The number of rotatable bonds is 10. The number of unbranched alkanes of at least 4 members (excludes halogenated alkanes) is 3. The van der Waals surface area contributed by atoms with Crippen LogP contribution in [0.3, 0.4) is 0 Å². The van der Waals surface area contributed by atoms with Crippen LogP contribution < -0.4 is 5.73 Å². The maximum absolute atomic E-state index is 5.52. The van der Waals surface area contributed by atoms with Gasteiger partial charge < -0.3 is 15.2 Å². The van der Waals surface area contributed by atoms with E-state index in [2.05, 4.69) is 6.92 Å². The average Bonchev–Trinajstić information content (AvgIpc) is 2.21. The van der Waals surface area contributed by atoms with E-state index in [1.807, 2.05) is 6.92 Å². The minimum Gasteiger partial charge on any atom is -0.379 e. The van der Waals surface area contributed by atoms with Crippen molar-refractivity contribution in [2.24, 2.45) is 5.73 Å².